The lowest BCUT2D eigenvalue weighted by molar-refractivity contribution is 0.175. The fourth-order valence-electron chi connectivity index (χ4n) is 4.46. The quantitative estimate of drug-likeness (QED) is 0.201. The number of H-pyrrole nitrogens is 1. The molecule has 0 unspecified atom stereocenters. The van der Waals surface area contributed by atoms with Crippen LogP contribution in [0.15, 0.2) is 71.9 Å². The highest BCUT2D eigenvalue weighted by atomic mass is 16.6. The lowest BCUT2D eigenvalue weighted by atomic mass is 10.1. The molecule has 1 aliphatic rings. The number of nitrogens with one attached hydrogen (secondary N) is 1. The van der Waals surface area contributed by atoms with Crippen molar-refractivity contribution in [2.24, 2.45) is 5.16 Å². The van der Waals surface area contributed by atoms with E-state index in [0.29, 0.717) is 24.7 Å². The van der Waals surface area contributed by atoms with Crippen LogP contribution in [0, 0.1) is 0 Å². The zero-order valence-electron chi connectivity index (χ0n) is 21.6. The molecule has 0 spiro atoms. The summed E-state index contributed by atoms with van der Waals surface area (Å²) in [4.78, 5) is 11.5. The fraction of sp³-hybridized carbons (Fsp3) is 0.233. The molecule has 0 saturated carbocycles. The minimum Gasteiger partial charge on any atom is -0.493 e. The van der Waals surface area contributed by atoms with Gasteiger partial charge < -0.3 is 28.9 Å². The number of ether oxygens (including phenoxy) is 3. The Kier molecular flexibility index (Phi) is 7.14. The van der Waals surface area contributed by atoms with Crippen LogP contribution >= 0.6 is 0 Å². The second kappa shape index (κ2) is 10.8. The van der Waals surface area contributed by atoms with Gasteiger partial charge in [-0.2, -0.15) is 0 Å². The molecule has 0 saturated heterocycles. The third-order valence-corrected chi connectivity index (χ3v) is 6.30. The molecule has 7 heteroatoms. The first kappa shape index (κ1) is 24.5. The second-order valence-corrected chi connectivity index (χ2v) is 9.04. The lowest BCUT2D eigenvalue weighted by Gasteiger charge is -2.12. The zero-order valence-corrected chi connectivity index (χ0v) is 21.6. The number of benzene rings is 3. The molecule has 5 rings (SSSR count). The van der Waals surface area contributed by atoms with E-state index in [1.165, 1.54) is 0 Å². The number of methoxy groups -OCH3 is 2. The van der Waals surface area contributed by atoms with Crippen LogP contribution in [0.1, 0.15) is 16.7 Å². The number of nitrogens with zero attached hydrogens (tertiary/aromatic N) is 2. The molecule has 7 nitrogen and oxygen atoms in total. The first-order valence-electron chi connectivity index (χ1n) is 12.2. The van der Waals surface area contributed by atoms with E-state index in [9.17, 15) is 0 Å². The van der Waals surface area contributed by atoms with Crippen molar-refractivity contribution < 1.29 is 19.0 Å². The number of fused-ring (bicyclic) bond motifs is 5. The van der Waals surface area contributed by atoms with Gasteiger partial charge in [-0.25, -0.2) is 0 Å². The first-order chi connectivity index (χ1) is 18.1. The van der Waals surface area contributed by atoms with E-state index < -0.39 is 0 Å². The Morgan fingerprint density at radius 1 is 0.919 bits per heavy atom. The summed E-state index contributed by atoms with van der Waals surface area (Å²) in [6.07, 6.45) is 3.97. The third-order valence-electron chi connectivity index (χ3n) is 6.30. The van der Waals surface area contributed by atoms with Crippen LogP contribution in [0.5, 0.6) is 17.2 Å². The Balaban J connectivity index is 1.51. The Morgan fingerprint density at radius 2 is 1.68 bits per heavy atom. The molecule has 0 radical (unpaired) electrons. The Bertz CT molecular complexity index is 1450. The van der Waals surface area contributed by atoms with Crippen LogP contribution < -0.4 is 14.2 Å². The molecule has 37 heavy (non-hydrogen) atoms. The van der Waals surface area contributed by atoms with Gasteiger partial charge in [-0.15, -0.1) is 0 Å². The normalized spacial score (nSPS) is 13.4. The molecule has 1 aromatic heterocycles. The highest BCUT2D eigenvalue weighted by molar-refractivity contribution is 6.30. The highest BCUT2D eigenvalue weighted by Crippen LogP contribution is 2.46. The van der Waals surface area contributed by atoms with Crippen molar-refractivity contribution in [3.05, 3.63) is 83.4 Å². The number of hydrogen-bond donors (Lipinski definition) is 1. The Labute approximate surface area is 216 Å². The summed E-state index contributed by atoms with van der Waals surface area (Å²) in [6, 6.07) is 20.1. The van der Waals surface area contributed by atoms with Crippen molar-refractivity contribution in [2.45, 2.75) is 0 Å². The van der Waals surface area contributed by atoms with Gasteiger partial charge in [0.05, 0.1) is 19.9 Å². The molecular formula is C30H31N3O4. The molecule has 3 aromatic carbocycles. The summed E-state index contributed by atoms with van der Waals surface area (Å²) in [5, 5.41) is 5.63. The van der Waals surface area contributed by atoms with Crippen molar-refractivity contribution in [1.82, 2.24) is 9.88 Å². The Morgan fingerprint density at radius 3 is 2.41 bits per heavy atom. The summed E-state index contributed by atoms with van der Waals surface area (Å²) in [5.74, 6) is 2.11. The van der Waals surface area contributed by atoms with E-state index in [-0.39, 0.29) is 0 Å². The summed E-state index contributed by atoms with van der Waals surface area (Å²) < 4.78 is 17.2. The van der Waals surface area contributed by atoms with E-state index in [2.05, 4.69) is 21.1 Å². The van der Waals surface area contributed by atoms with Crippen LogP contribution in [0.2, 0.25) is 0 Å². The number of rotatable bonds is 10. The van der Waals surface area contributed by atoms with Gasteiger partial charge in [0.1, 0.15) is 24.7 Å². The molecular weight excluding hydrogens is 466 g/mol. The molecule has 1 aliphatic carbocycles. The van der Waals surface area contributed by atoms with Gasteiger partial charge in [0, 0.05) is 34.1 Å². The molecule has 4 aromatic rings. The third kappa shape index (κ3) is 5.04. The number of likely N-dealkylation sites (N-methyl/N-ethyl adjacent to an activating group) is 1. The smallest absolute Gasteiger partial charge is 0.161 e. The largest absolute Gasteiger partial charge is 0.493 e. The van der Waals surface area contributed by atoms with E-state index >= 15 is 0 Å². The van der Waals surface area contributed by atoms with Gasteiger partial charge in [-0.1, -0.05) is 41.6 Å². The molecule has 0 amide bonds. The molecule has 0 bridgehead atoms. The number of hydrogen-bond acceptors (Lipinski definition) is 6. The van der Waals surface area contributed by atoms with Crippen LogP contribution in [0.25, 0.3) is 28.2 Å². The first-order valence-corrected chi connectivity index (χ1v) is 12.2. The maximum absolute atomic E-state index is 6.02. The molecule has 190 valence electrons. The van der Waals surface area contributed by atoms with Crippen molar-refractivity contribution >= 4 is 22.7 Å². The average Bonchev–Trinajstić information content (AvgIpc) is 3.42. The van der Waals surface area contributed by atoms with Crippen molar-refractivity contribution in [2.75, 3.05) is 48.1 Å². The minimum atomic E-state index is 0.345. The van der Waals surface area contributed by atoms with Gasteiger partial charge in [-0.3, -0.25) is 0 Å². The van der Waals surface area contributed by atoms with Gasteiger partial charge in [0.25, 0.3) is 0 Å². The summed E-state index contributed by atoms with van der Waals surface area (Å²) in [5.41, 5.74) is 6.72. The topological polar surface area (TPSA) is 68.3 Å². The summed E-state index contributed by atoms with van der Waals surface area (Å²) >= 11 is 0. The van der Waals surface area contributed by atoms with E-state index in [0.717, 1.165) is 56.9 Å². The second-order valence-electron chi connectivity index (χ2n) is 9.04. The molecule has 1 N–H and O–H groups in total. The monoisotopic (exact) mass is 497 g/mol. The number of oxime groups is 1. The lowest BCUT2D eigenvalue weighted by Crippen LogP contribution is -2.19. The average molecular weight is 498 g/mol. The van der Waals surface area contributed by atoms with Gasteiger partial charge in [-0.05, 0) is 56.1 Å². The van der Waals surface area contributed by atoms with Crippen LogP contribution in [-0.4, -0.2) is 63.7 Å². The fourth-order valence-corrected chi connectivity index (χ4v) is 4.46. The van der Waals surface area contributed by atoms with Crippen LogP contribution in [0.4, 0.5) is 0 Å². The van der Waals surface area contributed by atoms with Crippen molar-refractivity contribution in [3.8, 4) is 28.5 Å². The maximum atomic E-state index is 6.02. The van der Waals surface area contributed by atoms with E-state index in [1.807, 2.05) is 80.8 Å². The van der Waals surface area contributed by atoms with Gasteiger partial charge in [0.15, 0.2) is 11.5 Å². The highest BCUT2D eigenvalue weighted by Gasteiger charge is 2.32. The van der Waals surface area contributed by atoms with Gasteiger partial charge >= 0.3 is 0 Å². The van der Waals surface area contributed by atoms with E-state index in [1.54, 1.807) is 14.2 Å². The Hall–Kier alpha value is -4.23. The summed E-state index contributed by atoms with van der Waals surface area (Å²) in [6.45, 7) is 1.79. The predicted molar refractivity (Wildman–Crippen MR) is 148 cm³/mol. The standard InChI is InChI=1S/C30H31N3O4/c1-33(2)14-16-36-21-12-13-25-24(17-21)28-29(31-25)22-18-26(34-3)27(35-4)19-23(22)30(28)32-37-15-8-11-20-9-6-5-7-10-20/h5-13,17-19,31H,14-16H2,1-4H3/b11-8?,32-30-. The molecule has 0 aliphatic heterocycles. The van der Waals surface area contributed by atoms with Crippen molar-refractivity contribution in [3.63, 3.8) is 0 Å². The van der Waals surface area contributed by atoms with Crippen LogP contribution in [-0.2, 0) is 4.84 Å². The predicted octanol–water partition coefficient (Wildman–Crippen LogP) is 5.59. The summed E-state index contributed by atoms with van der Waals surface area (Å²) in [7, 11) is 7.33. The molecule has 0 atom stereocenters. The SMILES string of the molecule is COc1cc2c(cc1OC)-c1[nH]c3ccc(OCCN(C)C)cc3c1/C2=N\OCC=Cc1ccccc1. The maximum Gasteiger partial charge on any atom is 0.161 e. The minimum absolute atomic E-state index is 0.345. The van der Waals surface area contributed by atoms with E-state index in [4.69, 9.17) is 19.0 Å². The molecule has 0 fully saturated rings. The number of aromatic amines is 1. The van der Waals surface area contributed by atoms with Gasteiger partial charge in [0.2, 0.25) is 0 Å². The molecule has 1 heterocycles. The zero-order chi connectivity index (χ0) is 25.8. The van der Waals surface area contributed by atoms with Crippen LogP contribution in [0.3, 0.4) is 0 Å². The van der Waals surface area contributed by atoms with Crippen molar-refractivity contribution in [1.29, 1.82) is 0 Å². The number of aromatic nitrogens is 1.